The van der Waals surface area contributed by atoms with Crippen molar-refractivity contribution < 1.29 is 0 Å². The van der Waals surface area contributed by atoms with Crippen molar-refractivity contribution in [3.63, 3.8) is 0 Å². The van der Waals surface area contributed by atoms with E-state index in [1.165, 1.54) is 11.1 Å². The lowest BCUT2D eigenvalue weighted by Gasteiger charge is -2.00. The minimum atomic E-state index is 0.688. The third-order valence-electron chi connectivity index (χ3n) is 1.86. The van der Waals surface area contributed by atoms with Gasteiger partial charge < -0.3 is 0 Å². The predicted molar refractivity (Wildman–Crippen MR) is 63.1 cm³/mol. The van der Waals surface area contributed by atoms with E-state index >= 15 is 0 Å². The number of rotatable bonds is 3. The highest BCUT2D eigenvalue weighted by Crippen LogP contribution is 2.17. The smallest absolute Gasteiger partial charge is 0.0258 e. The van der Waals surface area contributed by atoms with Crippen molar-refractivity contribution in [3.05, 3.63) is 40.4 Å². The molecule has 0 saturated heterocycles. The zero-order valence-corrected chi connectivity index (χ0v) is 9.90. The highest BCUT2D eigenvalue weighted by atomic mass is 79.9. The molecular formula is C11H12BrCl. The lowest BCUT2D eigenvalue weighted by molar-refractivity contribution is 1.23. The summed E-state index contributed by atoms with van der Waals surface area (Å²) in [5.41, 5.74) is 2.54. The van der Waals surface area contributed by atoms with E-state index in [0.29, 0.717) is 5.88 Å². The van der Waals surface area contributed by atoms with Crippen molar-refractivity contribution in [1.82, 2.24) is 0 Å². The Morgan fingerprint density at radius 2 is 2.00 bits per heavy atom. The van der Waals surface area contributed by atoms with Gasteiger partial charge in [-0.15, -0.1) is 11.6 Å². The molecule has 0 amide bonds. The number of hydrogen-bond acceptors (Lipinski definition) is 0. The van der Waals surface area contributed by atoms with Crippen LogP contribution in [0.5, 0.6) is 0 Å². The standard InChI is InChI=1S/C11H12BrCl/c1-9(3-2-8-13)10-4-6-11(12)7-5-10/h3-7H,2,8H2,1H3/b9-3+. The number of hydrogen-bond donors (Lipinski definition) is 0. The molecule has 0 heterocycles. The van der Waals surface area contributed by atoms with Gasteiger partial charge in [0.1, 0.15) is 0 Å². The van der Waals surface area contributed by atoms with Gasteiger partial charge >= 0.3 is 0 Å². The fourth-order valence-electron chi connectivity index (χ4n) is 1.10. The largest absolute Gasteiger partial charge is 0.126 e. The number of alkyl halides is 1. The van der Waals surface area contributed by atoms with Crippen molar-refractivity contribution in [2.45, 2.75) is 13.3 Å². The SMILES string of the molecule is C/C(=C\CCCl)c1ccc(Br)cc1. The molecule has 1 rings (SSSR count). The lowest BCUT2D eigenvalue weighted by atomic mass is 10.1. The Morgan fingerprint density at radius 3 is 2.54 bits per heavy atom. The van der Waals surface area contributed by atoms with Crippen LogP contribution in [0.15, 0.2) is 34.8 Å². The second kappa shape index (κ2) is 5.46. The fourth-order valence-corrected chi connectivity index (χ4v) is 1.48. The Balaban J connectivity index is 2.77. The summed E-state index contributed by atoms with van der Waals surface area (Å²) in [6.45, 7) is 2.11. The van der Waals surface area contributed by atoms with Crippen LogP contribution in [-0.2, 0) is 0 Å². The molecule has 1 aromatic rings. The summed E-state index contributed by atoms with van der Waals surface area (Å²) in [4.78, 5) is 0. The van der Waals surface area contributed by atoms with E-state index in [1.807, 2.05) is 12.1 Å². The average Bonchev–Trinajstić information content (AvgIpc) is 2.15. The highest BCUT2D eigenvalue weighted by molar-refractivity contribution is 9.10. The Hall–Kier alpha value is -0.270. The molecule has 0 fully saturated rings. The number of allylic oxidation sites excluding steroid dienone is 2. The average molecular weight is 260 g/mol. The van der Waals surface area contributed by atoms with E-state index in [0.717, 1.165) is 10.9 Å². The van der Waals surface area contributed by atoms with Gasteiger partial charge in [-0.2, -0.15) is 0 Å². The van der Waals surface area contributed by atoms with Crippen LogP contribution < -0.4 is 0 Å². The molecule has 0 unspecified atom stereocenters. The molecule has 0 atom stereocenters. The van der Waals surface area contributed by atoms with Gasteiger partial charge in [-0.3, -0.25) is 0 Å². The van der Waals surface area contributed by atoms with E-state index < -0.39 is 0 Å². The van der Waals surface area contributed by atoms with Crippen LogP contribution in [0.1, 0.15) is 18.9 Å². The van der Waals surface area contributed by atoms with Gasteiger partial charge in [-0.05, 0) is 36.6 Å². The monoisotopic (exact) mass is 258 g/mol. The summed E-state index contributed by atoms with van der Waals surface area (Å²) >= 11 is 9.01. The highest BCUT2D eigenvalue weighted by Gasteiger charge is 1.94. The van der Waals surface area contributed by atoms with Crippen LogP contribution in [0.3, 0.4) is 0 Å². The molecule has 0 aliphatic heterocycles. The first-order valence-corrected chi connectivity index (χ1v) is 5.55. The Bertz CT molecular complexity index is 287. The topological polar surface area (TPSA) is 0 Å². The van der Waals surface area contributed by atoms with E-state index in [-0.39, 0.29) is 0 Å². The summed E-state index contributed by atoms with van der Waals surface area (Å²) in [6.07, 6.45) is 3.10. The third-order valence-corrected chi connectivity index (χ3v) is 2.61. The molecule has 70 valence electrons. The van der Waals surface area contributed by atoms with E-state index in [1.54, 1.807) is 0 Å². The zero-order valence-electron chi connectivity index (χ0n) is 7.56. The number of benzene rings is 1. The Morgan fingerprint density at radius 1 is 1.38 bits per heavy atom. The Labute approximate surface area is 92.7 Å². The maximum Gasteiger partial charge on any atom is 0.0258 e. The molecule has 2 heteroatoms. The molecule has 0 radical (unpaired) electrons. The van der Waals surface area contributed by atoms with Gasteiger partial charge in [0.05, 0.1) is 0 Å². The van der Waals surface area contributed by atoms with Gasteiger partial charge in [0.25, 0.3) is 0 Å². The summed E-state index contributed by atoms with van der Waals surface area (Å²) < 4.78 is 1.11. The maximum absolute atomic E-state index is 5.61. The van der Waals surface area contributed by atoms with Crippen molar-refractivity contribution >= 4 is 33.1 Å². The zero-order chi connectivity index (χ0) is 9.68. The number of halogens is 2. The van der Waals surface area contributed by atoms with Crippen molar-refractivity contribution in [2.24, 2.45) is 0 Å². The molecule has 0 aliphatic carbocycles. The molecule has 0 N–H and O–H groups in total. The maximum atomic E-state index is 5.61. The van der Waals surface area contributed by atoms with Crippen molar-refractivity contribution in [1.29, 1.82) is 0 Å². The van der Waals surface area contributed by atoms with Crippen LogP contribution in [0.4, 0.5) is 0 Å². The van der Waals surface area contributed by atoms with Gasteiger partial charge in [-0.25, -0.2) is 0 Å². The minimum absolute atomic E-state index is 0.688. The van der Waals surface area contributed by atoms with Gasteiger partial charge in [0.2, 0.25) is 0 Å². The minimum Gasteiger partial charge on any atom is -0.126 e. The first kappa shape index (κ1) is 10.8. The van der Waals surface area contributed by atoms with Crippen molar-refractivity contribution in [3.8, 4) is 0 Å². The third kappa shape index (κ3) is 3.53. The Kier molecular flexibility index (Phi) is 4.54. The van der Waals surface area contributed by atoms with Gasteiger partial charge in [0.15, 0.2) is 0 Å². The van der Waals surface area contributed by atoms with Crippen LogP contribution in [-0.4, -0.2) is 5.88 Å². The molecule has 13 heavy (non-hydrogen) atoms. The summed E-state index contributed by atoms with van der Waals surface area (Å²) in [5.74, 6) is 0.688. The summed E-state index contributed by atoms with van der Waals surface area (Å²) in [5, 5.41) is 0. The first-order valence-electron chi connectivity index (χ1n) is 4.22. The normalized spacial score (nSPS) is 11.8. The molecule has 0 nitrogen and oxygen atoms in total. The van der Waals surface area contributed by atoms with Gasteiger partial charge in [0, 0.05) is 10.4 Å². The molecule has 0 aliphatic rings. The predicted octanol–water partition coefficient (Wildman–Crippen LogP) is 4.48. The molecular weight excluding hydrogens is 247 g/mol. The van der Waals surface area contributed by atoms with Gasteiger partial charge in [-0.1, -0.05) is 34.1 Å². The first-order chi connectivity index (χ1) is 6.24. The molecule has 1 aromatic carbocycles. The second-order valence-electron chi connectivity index (χ2n) is 2.87. The molecule has 0 bridgehead atoms. The van der Waals surface area contributed by atoms with Crippen LogP contribution in [0, 0.1) is 0 Å². The molecule has 0 spiro atoms. The van der Waals surface area contributed by atoms with E-state index in [9.17, 15) is 0 Å². The quantitative estimate of drug-likeness (QED) is 0.702. The van der Waals surface area contributed by atoms with E-state index in [2.05, 4.69) is 41.1 Å². The van der Waals surface area contributed by atoms with Crippen LogP contribution in [0.25, 0.3) is 5.57 Å². The molecule has 0 aromatic heterocycles. The van der Waals surface area contributed by atoms with Crippen molar-refractivity contribution in [2.75, 3.05) is 5.88 Å². The summed E-state index contributed by atoms with van der Waals surface area (Å²) in [6, 6.07) is 8.30. The fraction of sp³-hybridized carbons (Fsp3) is 0.273. The second-order valence-corrected chi connectivity index (χ2v) is 4.17. The summed E-state index contributed by atoms with van der Waals surface area (Å²) in [7, 11) is 0. The van der Waals surface area contributed by atoms with Crippen LogP contribution >= 0.6 is 27.5 Å². The van der Waals surface area contributed by atoms with Crippen LogP contribution in [0.2, 0.25) is 0 Å². The van der Waals surface area contributed by atoms with E-state index in [4.69, 9.17) is 11.6 Å². The molecule has 0 saturated carbocycles. The lowest BCUT2D eigenvalue weighted by Crippen LogP contribution is -1.79.